The average molecular weight is 390 g/mol. The minimum atomic E-state index is -0.609. The molecule has 1 fully saturated rings. The summed E-state index contributed by atoms with van der Waals surface area (Å²) < 4.78 is 4.79. The average Bonchev–Trinajstić information content (AvgIpc) is 2.68. The van der Waals surface area contributed by atoms with E-state index >= 15 is 0 Å². The van der Waals surface area contributed by atoms with Gasteiger partial charge in [-0.25, -0.2) is 4.79 Å². The van der Waals surface area contributed by atoms with Crippen molar-refractivity contribution >= 4 is 29.6 Å². The van der Waals surface area contributed by atoms with E-state index in [9.17, 15) is 9.59 Å². The van der Waals surface area contributed by atoms with Crippen LogP contribution in [-0.2, 0) is 14.3 Å². The third-order valence-corrected chi connectivity index (χ3v) is 5.18. The second kappa shape index (κ2) is 10.9. The zero-order valence-corrected chi connectivity index (χ0v) is 16.8. The molecule has 5 heteroatoms. The molecule has 0 saturated heterocycles. The lowest BCUT2D eigenvalue weighted by atomic mass is 9.80. The van der Waals surface area contributed by atoms with Crippen LogP contribution in [0.2, 0.25) is 0 Å². The summed E-state index contributed by atoms with van der Waals surface area (Å²) in [6.07, 6.45) is 9.44. The molecule has 1 aliphatic rings. The van der Waals surface area contributed by atoms with E-state index in [1.807, 2.05) is 30.3 Å². The van der Waals surface area contributed by atoms with E-state index in [0.29, 0.717) is 5.03 Å². The molecule has 0 aromatic heterocycles. The van der Waals surface area contributed by atoms with Gasteiger partial charge in [-0.1, -0.05) is 61.7 Å². The highest BCUT2D eigenvalue weighted by Crippen LogP contribution is 2.31. The first-order valence-corrected chi connectivity index (χ1v) is 9.94. The predicted molar refractivity (Wildman–Crippen MR) is 109 cm³/mol. The number of esters is 1. The molecule has 27 heavy (non-hydrogen) atoms. The van der Waals surface area contributed by atoms with Gasteiger partial charge in [0.05, 0.1) is 7.11 Å². The van der Waals surface area contributed by atoms with E-state index in [2.05, 4.69) is 12.2 Å². The molecule has 1 N–H and O–H groups in total. The molecule has 1 saturated carbocycles. The fourth-order valence-electron chi connectivity index (χ4n) is 3.50. The van der Waals surface area contributed by atoms with E-state index in [0.717, 1.165) is 37.2 Å². The summed E-state index contributed by atoms with van der Waals surface area (Å²) in [5.74, 6) is -0.0885. The Morgan fingerprint density at radius 1 is 1.19 bits per heavy atom. The summed E-state index contributed by atoms with van der Waals surface area (Å²) in [5, 5.41) is 3.06. The van der Waals surface area contributed by atoms with Gasteiger partial charge >= 0.3 is 5.97 Å². The fourth-order valence-corrected chi connectivity index (χ4v) is 3.74. The highest BCUT2D eigenvalue weighted by molar-refractivity contribution is 6.33. The van der Waals surface area contributed by atoms with Gasteiger partial charge < -0.3 is 10.1 Å². The number of rotatable bonds is 7. The van der Waals surface area contributed by atoms with Gasteiger partial charge in [0.15, 0.2) is 0 Å². The van der Waals surface area contributed by atoms with Crippen molar-refractivity contribution in [3.8, 4) is 0 Å². The molecule has 1 aromatic rings. The third kappa shape index (κ3) is 6.87. The SMILES string of the molecule is CCCC1CCC(C(=O)NC(=CC(Cl)=Cc2ccccc2)C(=O)OC)CC1. The van der Waals surface area contributed by atoms with Gasteiger partial charge in [-0.15, -0.1) is 0 Å². The summed E-state index contributed by atoms with van der Waals surface area (Å²) in [6, 6.07) is 9.52. The number of hydrogen-bond acceptors (Lipinski definition) is 3. The topological polar surface area (TPSA) is 55.4 Å². The van der Waals surface area contributed by atoms with Crippen LogP contribution in [-0.4, -0.2) is 19.0 Å². The molecule has 0 spiro atoms. The Hall–Kier alpha value is -2.07. The van der Waals surface area contributed by atoms with Crippen molar-refractivity contribution in [1.29, 1.82) is 0 Å². The Bertz CT molecular complexity index is 689. The number of nitrogens with one attached hydrogen (secondary N) is 1. The largest absolute Gasteiger partial charge is 0.464 e. The summed E-state index contributed by atoms with van der Waals surface area (Å²) in [6.45, 7) is 2.19. The van der Waals surface area contributed by atoms with Crippen molar-refractivity contribution in [3.05, 3.63) is 52.7 Å². The Morgan fingerprint density at radius 3 is 2.44 bits per heavy atom. The van der Waals surface area contributed by atoms with Crippen molar-refractivity contribution in [3.63, 3.8) is 0 Å². The van der Waals surface area contributed by atoms with Crippen LogP contribution >= 0.6 is 11.6 Å². The van der Waals surface area contributed by atoms with Gasteiger partial charge in [0.2, 0.25) is 5.91 Å². The molecule has 0 bridgehead atoms. The molecule has 1 aliphatic carbocycles. The van der Waals surface area contributed by atoms with Gasteiger partial charge in [0.1, 0.15) is 5.70 Å². The van der Waals surface area contributed by atoms with Crippen molar-refractivity contribution in [2.45, 2.75) is 45.4 Å². The maximum atomic E-state index is 12.6. The monoisotopic (exact) mass is 389 g/mol. The van der Waals surface area contributed by atoms with Gasteiger partial charge in [-0.2, -0.15) is 0 Å². The number of allylic oxidation sites excluding steroid dienone is 2. The maximum Gasteiger partial charge on any atom is 0.354 e. The molecule has 4 nitrogen and oxygen atoms in total. The maximum absolute atomic E-state index is 12.6. The molecule has 1 aromatic carbocycles. The summed E-state index contributed by atoms with van der Waals surface area (Å²) in [4.78, 5) is 24.7. The molecular weight excluding hydrogens is 362 g/mol. The summed E-state index contributed by atoms with van der Waals surface area (Å²) in [5.41, 5.74) is 0.971. The first-order chi connectivity index (χ1) is 13.0. The first-order valence-electron chi connectivity index (χ1n) is 9.56. The molecule has 0 aliphatic heterocycles. The zero-order chi connectivity index (χ0) is 19.6. The standard InChI is InChI=1S/C22H28ClNO3/c1-3-7-16-10-12-18(13-11-16)21(25)24-20(22(26)27-2)15-19(23)14-17-8-5-4-6-9-17/h4-6,8-9,14-16,18H,3,7,10-13H2,1-2H3,(H,24,25). The molecule has 1 amide bonds. The summed E-state index contributed by atoms with van der Waals surface area (Å²) in [7, 11) is 1.28. The van der Waals surface area contributed by atoms with Gasteiger partial charge in [-0.3, -0.25) is 4.79 Å². The highest BCUT2D eigenvalue weighted by Gasteiger charge is 2.27. The fraction of sp³-hybridized carbons (Fsp3) is 0.455. The number of carbonyl (C=O) groups excluding carboxylic acids is 2. The van der Waals surface area contributed by atoms with E-state index in [1.165, 1.54) is 26.0 Å². The number of halogens is 1. The van der Waals surface area contributed by atoms with Crippen LogP contribution in [0.25, 0.3) is 6.08 Å². The number of benzene rings is 1. The molecule has 0 radical (unpaired) electrons. The molecule has 0 heterocycles. The Kier molecular flexibility index (Phi) is 8.59. The number of ether oxygens (including phenoxy) is 1. The quantitative estimate of drug-likeness (QED) is 0.403. The van der Waals surface area contributed by atoms with Gasteiger partial charge in [0.25, 0.3) is 0 Å². The number of methoxy groups -OCH3 is 1. The van der Waals surface area contributed by atoms with Gasteiger partial charge in [0, 0.05) is 11.0 Å². The Balaban J connectivity index is 2.05. The second-order valence-corrected chi connectivity index (χ2v) is 7.42. The normalized spacial score (nSPS) is 20.9. The third-order valence-electron chi connectivity index (χ3n) is 4.96. The molecule has 2 rings (SSSR count). The lowest BCUT2D eigenvalue weighted by Crippen LogP contribution is -2.35. The van der Waals surface area contributed by atoms with Crippen molar-refractivity contribution in [1.82, 2.24) is 5.32 Å². The van der Waals surface area contributed by atoms with Crippen LogP contribution in [0.15, 0.2) is 47.1 Å². The van der Waals surface area contributed by atoms with Crippen molar-refractivity contribution in [2.75, 3.05) is 7.11 Å². The van der Waals surface area contributed by atoms with Crippen LogP contribution in [0.3, 0.4) is 0 Å². The number of hydrogen-bond donors (Lipinski definition) is 1. The summed E-state index contributed by atoms with van der Waals surface area (Å²) >= 11 is 6.26. The van der Waals surface area contributed by atoms with E-state index in [1.54, 1.807) is 6.08 Å². The van der Waals surface area contributed by atoms with E-state index < -0.39 is 5.97 Å². The molecular formula is C22H28ClNO3. The lowest BCUT2D eigenvalue weighted by molar-refractivity contribution is -0.138. The predicted octanol–water partition coefficient (Wildman–Crippen LogP) is 5.05. The Morgan fingerprint density at radius 2 is 1.85 bits per heavy atom. The van der Waals surface area contributed by atoms with Crippen molar-refractivity contribution in [2.24, 2.45) is 11.8 Å². The molecule has 0 atom stereocenters. The molecule has 146 valence electrons. The van der Waals surface area contributed by atoms with Crippen LogP contribution in [0.5, 0.6) is 0 Å². The zero-order valence-electron chi connectivity index (χ0n) is 16.0. The minimum absolute atomic E-state index is 0.0652. The highest BCUT2D eigenvalue weighted by atomic mass is 35.5. The molecule has 0 unspecified atom stereocenters. The van der Waals surface area contributed by atoms with Gasteiger partial charge in [-0.05, 0) is 49.3 Å². The number of amides is 1. The Labute approximate surface area is 166 Å². The smallest absolute Gasteiger partial charge is 0.354 e. The lowest BCUT2D eigenvalue weighted by Gasteiger charge is -2.27. The second-order valence-electron chi connectivity index (χ2n) is 6.99. The van der Waals surface area contributed by atoms with E-state index in [4.69, 9.17) is 16.3 Å². The first kappa shape index (κ1) is 21.2. The van der Waals surface area contributed by atoms with E-state index in [-0.39, 0.29) is 17.5 Å². The minimum Gasteiger partial charge on any atom is -0.464 e. The van der Waals surface area contributed by atoms with Crippen LogP contribution < -0.4 is 5.32 Å². The van der Waals surface area contributed by atoms with Crippen LogP contribution in [0.1, 0.15) is 51.0 Å². The number of carbonyl (C=O) groups is 2. The van der Waals surface area contributed by atoms with Crippen LogP contribution in [0, 0.1) is 11.8 Å². The van der Waals surface area contributed by atoms with Crippen molar-refractivity contribution < 1.29 is 14.3 Å². The van der Waals surface area contributed by atoms with Crippen LogP contribution in [0.4, 0.5) is 0 Å².